The van der Waals surface area contributed by atoms with Crippen LogP contribution in [0.1, 0.15) is 0 Å². The molecular formula is CHCaNO6. The largest absolute Gasteiger partial charge is 2.00 e. The molecule has 0 atom stereocenters. The van der Waals surface area contributed by atoms with Gasteiger partial charge in [0.1, 0.15) is 0 Å². The van der Waals surface area contributed by atoms with Crippen LogP contribution in [0.25, 0.3) is 0 Å². The van der Waals surface area contributed by atoms with E-state index in [1.165, 1.54) is 0 Å². The zero-order valence-corrected chi connectivity index (χ0v) is 6.35. The van der Waals surface area contributed by atoms with Gasteiger partial charge in [0, 0.05) is 0 Å². The second kappa shape index (κ2) is 10.7. The van der Waals surface area contributed by atoms with Crippen molar-refractivity contribution in [3.63, 3.8) is 0 Å². The van der Waals surface area contributed by atoms with Crippen LogP contribution in [-0.2, 0) is 0 Å². The molecule has 0 aliphatic rings. The van der Waals surface area contributed by atoms with Crippen LogP contribution in [0.2, 0.25) is 0 Å². The zero-order valence-electron chi connectivity index (χ0n) is 4.14. The summed E-state index contributed by atoms with van der Waals surface area (Å²) in [6.07, 6.45) is -2.08. The van der Waals surface area contributed by atoms with E-state index >= 15 is 0 Å². The molecule has 0 aliphatic carbocycles. The van der Waals surface area contributed by atoms with E-state index in [9.17, 15) is 0 Å². The van der Waals surface area contributed by atoms with Crippen LogP contribution in [0, 0.1) is 15.3 Å². The molecule has 0 rings (SSSR count). The molecule has 0 aromatic heterocycles. The van der Waals surface area contributed by atoms with E-state index in [1.54, 1.807) is 0 Å². The summed E-state index contributed by atoms with van der Waals surface area (Å²) < 4.78 is 0. The van der Waals surface area contributed by atoms with E-state index in [2.05, 4.69) is 0 Å². The van der Waals surface area contributed by atoms with E-state index in [1.807, 2.05) is 0 Å². The molecule has 0 unspecified atom stereocenters. The molecule has 0 radical (unpaired) electrons. The summed E-state index contributed by atoms with van der Waals surface area (Å²) in [5.74, 6) is 0. The Hall–Kier alpha value is -0.270. The fourth-order valence-electron chi connectivity index (χ4n) is 0. The van der Waals surface area contributed by atoms with Crippen molar-refractivity contribution in [2.75, 3.05) is 0 Å². The predicted molar refractivity (Wildman–Crippen MR) is 24.1 cm³/mol. The van der Waals surface area contributed by atoms with Crippen molar-refractivity contribution in [2.24, 2.45) is 0 Å². The number of carboxylic acid groups (broad SMARTS) is 2. The van der Waals surface area contributed by atoms with E-state index < -0.39 is 11.2 Å². The van der Waals surface area contributed by atoms with E-state index in [0.29, 0.717) is 0 Å². The molecule has 8 heteroatoms. The number of nitrogens with zero attached hydrogens (tertiary/aromatic N) is 1. The summed E-state index contributed by atoms with van der Waals surface area (Å²) in [6, 6.07) is 0. The van der Waals surface area contributed by atoms with Gasteiger partial charge in [-0.2, -0.15) is 0 Å². The molecule has 0 aromatic carbocycles. The Kier molecular flexibility index (Phi) is 18.8. The first-order valence-electron chi connectivity index (χ1n) is 1.18. The molecule has 0 fully saturated rings. The molecule has 0 aliphatic heterocycles. The van der Waals surface area contributed by atoms with E-state index in [0.717, 1.165) is 0 Å². The molecule has 9 heavy (non-hydrogen) atoms. The van der Waals surface area contributed by atoms with E-state index in [4.69, 9.17) is 30.3 Å². The second-order valence-corrected chi connectivity index (χ2v) is 0.490. The molecule has 1 N–H and O–H groups in total. The fraction of sp³-hybridized carbons (Fsp3) is 0. The van der Waals surface area contributed by atoms with Gasteiger partial charge in [0.25, 0.3) is 0 Å². The van der Waals surface area contributed by atoms with Crippen LogP contribution in [0.4, 0.5) is 4.79 Å². The summed E-state index contributed by atoms with van der Waals surface area (Å²) in [6.45, 7) is 0. The van der Waals surface area contributed by atoms with Crippen molar-refractivity contribution in [3.05, 3.63) is 15.3 Å². The van der Waals surface area contributed by atoms with Gasteiger partial charge in [-0.1, -0.05) is 0 Å². The van der Waals surface area contributed by atoms with Crippen LogP contribution < -0.4 is 5.11 Å². The first-order chi connectivity index (χ1) is 3.46. The van der Waals surface area contributed by atoms with Crippen molar-refractivity contribution in [3.8, 4) is 0 Å². The number of carbonyl (C=O) groups is 1. The van der Waals surface area contributed by atoms with Gasteiger partial charge < -0.3 is 30.3 Å². The van der Waals surface area contributed by atoms with Crippen LogP contribution in [-0.4, -0.2) is 54.1 Å². The van der Waals surface area contributed by atoms with Crippen LogP contribution in [0.15, 0.2) is 0 Å². The molecule has 0 bridgehead atoms. The predicted octanol–water partition coefficient (Wildman–Crippen LogP) is -1.73. The molecule has 0 saturated heterocycles. The molecular weight excluding hydrogens is 162 g/mol. The van der Waals surface area contributed by atoms with Gasteiger partial charge in [0.15, 0.2) is 0 Å². The van der Waals surface area contributed by atoms with Gasteiger partial charge >= 0.3 is 37.7 Å². The third kappa shape index (κ3) is 3470. The third-order valence-corrected chi connectivity index (χ3v) is 0. The second-order valence-electron chi connectivity index (χ2n) is 0.490. The Morgan fingerprint density at radius 3 is 1.44 bits per heavy atom. The van der Waals surface area contributed by atoms with Crippen molar-refractivity contribution < 1.29 is 20.1 Å². The molecule has 0 aromatic rings. The Labute approximate surface area is 79.0 Å². The smallest absolute Gasteiger partial charge is 0.565 e. The maximum absolute atomic E-state index is 8.44. The maximum Gasteiger partial charge on any atom is 2.00 e. The summed E-state index contributed by atoms with van der Waals surface area (Å²) in [4.78, 5) is 16.7. The molecule has 0 heterocycles. The first-order valence-corrected chi connectivity index (χ1v) is 1.18. The Balaban J connectivity index is -0.0000000720. The third-order valence-electron chi connectivity index (χ3n) is 0. The van der Waals surface area contributed by atoms with Gasteiger partial charge in [-0.15, -0.1) is 0 Å². The quantitative estimate of drug-likeness (QED) is 0.256. The average molecular weight is 163 g/mol. The maximum atomic E-state index is 8.44. The monoisotopic (exact) mass is 163 g/mol. The Morgan fingerprint density at radius 2 is 1.44 bits per heavy atom. The van der Waals surface area contributed by atoms with Gasteiger partial charge in [0.05, 0.1) is 5.09 Å². The molecule has 0 spiro atoms. The van der Waals surface area contributed by atoms with Crippen LogP contribution in [0.3, 0.4) is 0 Å². The van der Waals surface area contributed by atoms with Crippen molar-refractivity contribution >= 4 is 43.9 Å². The summed E-state index contributed by atoms with van der Waals surface area (Å²) in [5, 5.41) is 30.1. The fourth-order valence-corrected chi connectivity index (χ4v) is 0. The normalized spacial score (nSPS) is 5.33. The van der Waals surface area contributed by atoms with Crippen LogP contribution >= 0.6 is 0 Å². The van der Waals surface area contributed by atoms with Gasteiger partial charge in [-0.05, 0) is 0 Å². The zero-order chi connectivity index (χ0) is 7.15. The molecule has 0 saturated carbocycles. The molecule has 0 amide bonds. The minimum absolute atomic E-state index is 0. The number of hydrogen-bond donors (Lipinski definition) is 1. The topological polar surface area (TPSA) is 127 Å². The molecule has 7 nitrogen and oxygen atoms in total. The molecule has 48 valence electrons. The summed E-state index contributed by atoms with van der Waals surface area (Å²) in [5.41, 5.74) is 0. The van der Waals surface area contributed by atoms with Gasteiger partial charge in [-0.25, -0.2) is 0 Å². The van der Waals surface area contributed by atoms with Crippen molar-refractivity contribution in [1.29, 1.82) is 0 Å². The minimum atomic E-state index is -2.08. The summed E-state index contributed by atoms with van der Waals surface area (Å²) in [7, 11) is 0. The van der Waals surface area contributed by atoms with Crippen molar-refractivity contribution in [1.82, 2.24) is 0 Å². The number of rotatable bonds is 0. The SMILES string of the molecule is O=C([O-])O.O=[N+]([O-])[O-].[Ca+2]. The summed E-state index contributed by atoms with van der Waals surface area (Å²) >= 11 is 0. The van der Waals surface area contributed by atoms with Crippen LogP contribution in [0.5, 0.6) is 0 Å². The first kappa shape index (κ1) is 15.9. The standard InChI is InChI=1S/CH2O3.Ca.NO3/c2-1(3)4;;2-1(3)4/h(H2,2,3,4);;/q;+2;-1/p-1. The Morgan fingerprint density at radius 1 is 1.44 bits per heavy atom. The van der Waals surface area contributed by atoms with E-state index in [-0.39, 0.29) is 37.7 Å². The average Bonchev–Trinajstić information content (AvgIpc) is 1.25. The minimum Gasteiger partial charge on any atom is -0.565 e. The Bertz CT molecular complexity index is 71.1. The number of hydrogen-bond acceptors (Lipinski definition) is 5. The van der Waals surface area contributed by atoms with Gasteiger partial charge in [-0.3, -0.25) is 0 Å². The van der Waals surface area contributed by atoms with Crippen molar-refractivity contribution in [2.45, 2.75) is 0 Å². The van der Waals surface area contributed by atoms with Gasteiger partial charge in [0.2, 0.25) is 6.16 Å².